The summed E-state index contributed by atoms with van der Waals surface area (Å²) in [6.07, 6.45) is 0. The first kappa shape index (κ1) is 12.5. The van der Waals surface area contributed by atoms with E-state index in [0.29, 0.717) is 6.54 Å². The fourth-order valence-corrected chi connectivity index (χ4v) is 2.49. The van der Waals surface area contributed by atoms with Crippen molar-refractivity contribution in [3.8, 4) is 16.9 Å². The average molecular weight is 269 g/mol. The molecule has 102 valence electrons. The van der Waals surface area contributed by atoms with Gasteiger partial charge < -0.3 is 20.4 Å². The number of methoxy groups -OCH3 is 1. The molecule has 1 heterocycles. The van der Waals surface area contributed by atoms with Crippen molar-refractivity contribution in [2.45, 2.75) is 6.54 Å². The van der Waals surface area contributed by atoms with Crippen molar-refractivity contribution in [3.05, 3.63) is 52.4 Å². The molecular formula is C15H15N3O2. The van der Waals surface area contributed by atoms with Gasteiger partial charge in [-0.25, -0.2) is 4.79 Å². The van der Waals surface area contributed by atoms with Crippen LogP contribution in [0.25, 0.3) is 22.2 Å². The molecule has 5 nitrogen and oxygen atoms in total. The standard InChI is InChI=1S/C15H15N3O2/c1-20-13-5-3-2-4-10(13)9-6-7-12-14(11(9)8-16)18-15(19)17-12/h2-7H,8,16H2,1H3,(H2,17,18,19). The highest BCUT2D eigenvalue weighted by molar-refractivity contribution is 5.88. The van der Waals surface area contributed by atoms with Gasteiger partial charge >= 0.3 is 5.69 Å². The van der Waals surface area contributed by atoms with E-state index in [-0.39, 0.29) is 5.69 Å². The van der Waals surface area contributed by atoms with Gasteiger partial charge in [0.25, 0.3) is 0 Å². The zero-order valence-electron chi connectivity index (χ0n) is 11.1. The Morgan fingerprint density at radius 2 is 1.90 bits per heavy atom. The van der Waals surface area contributed by atoms with Crippen LogP contribution in [-0.2, 0) is 6.54 Å². The van der Waals surface area contributed by atoms with Crippen LogP contribution in [0.2, 0.25) is 0 Å². The minimum atomic E-state index is -0.230. The number of ether oxygens (including phenoxy) is 1. The number of para-hydroxylation sites is 1. The zero-order chi connectivity index (χ0) is 14.1. The zero-order valence-corrected chi connectivity index (χ0v) is 11.1. The van der Waals surface area contributed by atoms with E-state index in [1.54, 1.807) is 7.11 Å². The van der Waals surface area contributed by atoms with Gasteiger partial charge in [-0.1, -0.05) is 24.3 Å². The second-order valence-corrected chi connectivity index (χ2v) is 4.50. The van der Waals surface area contributed by atoms with E-state index < -0.39 is 0 Å². The Kier molecular flexibility index (Phi) is 3.04. The minimum Gasteiger partial charge on any atom is -0.496 e. The van der Waals surface area contributed by atoms with Crippen LogP contribution in [0.4, 0.5) is 0 Å². The van der Waals surface area contributed by atoms with Crippen molar-refractivity contribution < 1.29 is 4.74 Å². The second-order valence-electron chi connectivity index (χ2n) is 4.50. The Labute approximate surface area is 115 Å². The van der Waals surface area contributed by atoms with Gasteiger partial charge in [0, 0.05) is 12.1 Å². The van der Waals surface area contributed by atoms with Crippen LogP contribution in [0.15, 0.2) is 41.2 Å². The van der Waals surface area contributed by atoms with Gasteiger partial charge in [0.1, 0.15) is 5.75 Å². The van der Waals surface area contributed by atoms with Crippen LogP contribution in [0.1, 0.15) is 5.56 Å². The first-order chi connectivity index (χ1) is 9.74. The van der Waals surface area contributed by atoms with Gasteiger partial charge in [0.05, 0.1) is 18.1 Å². The summed E-state index contributed by atoms with van der Waals surface area (Å²) in [6.45, 7) is 0.332. The number of fused-ring (bicyclic) bond motifs is 1. The molecule has 20 heavy (non-hydrogen) atoms. The number of benzene rings is 2. The van der Waals surface area contributed by atoms with E-state index in [0.717, 1.165) is 33.5 Å². The van der Waals surface area contributed by atoms with E-state index in [1.807, 2.05) is 36.4 Å². The molecule has 0 spiro atoms. The Bertz CT molecular complexity index is 817. The Morgan fingerprint density at radius 1 is 1.10 bits per heavy atom. The highest BCUT2D eigenvalue weighted by Crippen LogP contribution is 2.34. The molecule has 4 N–H and O–H groups in total. The van der Waals surface area contributed by atoms with E-state index in [9.17, 15) is 4.79 Å². The minimum absolute atomic E-state index is 0.230. The van der Waals surface area contributed by atoms with Crippen molar-refractivity contribution in [1.29, 1.82) is 0 Å². The number of hydrogen-bond donors (Lipinski definition) is 3. The Morgan fingerprint density at radius 3 is 2.65 bits per heavy atom. The summed E-state index contributed by atoms with van der Waals surface area (Å²) in [5.74, 6) is 0.777. The number of aromatic amines is 2. The maximum atomic E-state index is 11.5. The third-order valence-electron chi connectivity index (χ3n) is 3.40. The fraction of sp³-hybridized carbons (Fsp3) is 0.133. The van der Waals surface area contributed by atoms with E-state index >= 15 is 0 Å². The Balaban J connectivity index is 2.33. The molecule has 0 atom stereocenters. The van der Waals surface area contributed by atoms with Crippen LogP contribution >= 0.6 is 0 Å². The highest BCUT2D eigenvalue weighted by Gasteiger charge is 2.13. The molecule has 5 heteroatoms. The molecule has 2 aromatic carbocycles. The summed E-state index contributed by atoms with van der Waals surface area (Å²) in [5.41, 5.74) is 9.97. The van der Waals surface area contributed by atoms with Gasteiger partial charge in [0.2, 0.25) is 0 Å². The predicted molar refractivity (Wildman–Crippen MR) is 78.8 cm³/mol. The molecule has 0 bridgehead atoms. The molecule has 0 amide bonds. The normalized spacial score (nSPS) is 10.9. The highest BCUT2D eigenvalue weighted by atomic mass is 16.5. The van der Waals surface area contributed by atoms with Gasteiger partial charge in [-0.3, -0.25) is 0 Å². The van der Waals surface area contributed by atoms with Gasteiger partial charge in [-0.05, 0) is 23.3 Å². The topological polar surface area (TPSA) is 83.9 Å². The number of imidazole rings is 1. The lowest BCUT2D eigenvalue weighted by atomic mass is 9.97. The van der Waals surface area contributed by atoms with E-state index in [1.165, 1.54) is 0 Å². The molecule has 0 aliphatic carbocycles. The van der Waals surface area contributed by atoms with Crippen molar-refractivity contribution in [1.82, 2.24) is 9.97 Å². The average Bonchev–Trinajstić information content (AvgIpc) is 2.86. The van der Waals surface area contributed by atoms with Gasteiger partial charge in [-0.15, -0.1) is 0 Å². The maximum absolute atomic E-state index is 11.5. The summed E-state index contributed by atoms with van der Waals surface area (Å²) in [6, 6.07) is 11.6. The van der Waals surface area contributed by atoms with Crippen molar-refractivity contribution >= 4 is 11.0 Å². The lowest BCUT2D eigenvalue weighted by Gasteiger charge is -2.12. The number of rotatable bonds is 3. The van der Waals surface area contributed by atoms with E-state index in [2.05, 4.69) is 9.97 Å². The molecule has 0 radical (unpaired) electrons. The molecule has 0 aliphatic heterocycles. The van der Waals surface area contributed by atoms with Crippen molar-refractivity contribution in [2.75, 3.05) is 7.11 Å². The van der Waals surface area contributed by atoms with Crippen LogP contribution < -0.4 is 16.2 Å². The lowest BCUT2D eigenvalue weighted by Crippen LogP contribution is -2.03. The molecule has 3 rings (SSSR count). The van der Waals surface area contributed by atoms with Crippen LogP contribution in [0, 0.1) is 0 Å². The third kappa shape index (κ3) is 1.88. The summed E-state index contributed by atoms with van der Waals surface area (Å²) in [7, 11) is 1.64. The van der Waals surface area contributed by atoms with Crippen LogP contribution in [-0.4, -0.2) is 17.1 Å². The summed E-state index contributed by atoms with van der Waals surface area (Å²) in [5, 5.41) is 0. The van der Waals surface area contributed by atoms with Crippen LogP contribution in [0.5, 0.6) is 5.75 Å². The molecular weight excluding hydrogens is 254 g/mol. The van der Waals surface area contributed by atoms with E-state index in [4.69, 9.17) is 10.5 Å². The first-order valence-electron chi connectivity index (χ1n) is 6.32. The second kappa shape index (κ2) is 4.86. The maximum Gasteiger partial charge on any atom is 0.323 e. The number of H-pyrrole nitrogens is 2. The molecule has 0 saturated carbocycles. The predicted octanol–water partition coefficient (Wildman–Crippen LogP) is 1.99. The van der Waals surface area contributed by atoms with Crippen LogP contribution in [0.3, 0.4) is 0 Å². The number of hydrogen-bond acceptors (Lipinski definition) is 3. The molecule has 0 aliphatic rings. The monoisotopic (exact) mass is 269 g/mol. The largest absolute Gasteiger partial charge is 0.496 e. The molecule has 0 saturated heterocycles. The lowest BCUT2D eigenvalue weighted by molar-refractivity contribution is 0.416. The summed E-state index contributed by atoms with van der Waals surface area (Å²) < 4.78 is 5.40. The first-order valence-corrected chi connectivity index (χ1v) is 6.32. The third-order valence-corrected chi connectivity index (χ3v) is 3.40. The quantitative estimate of drug-likeness (QED) is 0.680. The number of nitrogens with one attached hydrogen (secondary N) is 2. The molecule has 1 aromatic heterocycles. The SMILES string of the molecule is COc1ccccc1-c1ccc2[nH]c(=O)[nH]c2c1CN. The van der Waals surface area contributed by atoms with Crippen molar-refractivity contribution in [2.24, 2.45) is 5.73 Å². The molecule has 0 unspecified atom stereocenters. The smallest absolute Gasteiger partial charge is 0.323 e. The Hall–Kier alpha value is -2.53. The summed E-state index contributed by atoms with van der Waals surface area (Å²) >= 11 is 0. The molecule has 0 fully saturated rings. The fourth-order valence-electron chi connectivity index (χ4n) is 2.49. The summed E-state index contributed by atoms with van der Waals surface area (Å²) in [4.78, 5) is 17.0. The molecule has 3 aromatic rings. The van der Waals surface area contributed by atoms with Crippen molar-refractivity contribution in [3.63, 3.8) is 0 Å². The van der Waals surface area contributed by atoms with Gasteiger partial charge in [0.15, 0.2) is 0 Å². The van der Waals surface area contributed by atoms with Gasteiger partial charge in [-0.2, -0.15) is 0 Å². The number of nitrogens with two attached hydrogens (primary N) is 1. The number of aromatic nitrogens is 2.